The van der Waals surface area contributed by atoms with Crippen LogP contribution in [0.1, 0.15) is 15.9 Å². The van der Waals surface area contributed by atoms with Crippen LogP contribution in [0.5, 0.6) is 11.5 Å². The van der Waals surface area contributed by atoms with Crippen LogP contribution >= 0.6 is 11.3 Å². The van der Waals surface area contributed by atoms with Crippen molar-refractivity contribution >= 4 is 32.6 Å². The predicted octanol–water partition coefficient (Wildman–Crippen LogP) is 5.16. The van der Waals surface area contributed by atoms with E-state index in [4.69, 9.17) is 14.5 Å². The predicted molar refractivity (Wildman–Crippen MR) is 116 cm³/mol. The third-order valence-electron chi connectivity index (χ3n) is 4.56. The monoisotopic (exact) mass is 404 g/mol. The summed E-state index contributed by atoms with van der Waals surface area (Å²) in [5, 5.41) is 0.643. The summed E-state index contributed by atoms with van der Waals surface area (Å²) in [5.74, 6) is 1.28. The van der Waals surface area contributed by atoms with E-state index in [0.717, 1.165) is 21.5 Å². The smallest absolute Gasteiger partial charge is 0.260 e. The molecule has 0 spiro atoms. The second-order valence-electron chi connectivity index (χ2n) is 6.44. The van der Waals surface area contributed by atoms with Gasteiger partial charge in [-0.25, -0.2) is 4.98 Å². The Morgan fingerprint density at radius 3 is 2.45 bits per heavy atom. The van der Waals surface area contributed by atoms with Gasteiger partial charge in [0, 0.05) is 5.56 Å². The summed E-state index contributed by atoms with van der Waals surface area (Å²) in [6.07, 6.45) is 0. The van der Waals surface area contributed by atoms with Gasteiger partial charge in [-0.2, -0.15) is 0 Å². The number of aromatic nitrogens is 1. The number of nitrogens with zero attached hydrogens (tertiary/aromatic N) is 2. The molecule has 0 aliphatic carbocycles. The molecule has 0 aliphatic heterocycles. The minimum atomic E-state index is -0.126. The molecule has 1 amide bonds. The molecule has 1 aromatic heterocycles. The molecule has 4 aromatic rings. The van der Waals surface area contributed by atoms with Crippen LogP contribution in [0.3, 0.4) is 0 Å². The van der Waals surface area contributed by atoms with Crippen molar-refractivity contribution in [2.24, 2.45) is 0 Å². The quantitative estimate of drug-likeness (QED) is 0.445. The first-order valence-electron chi connectivity index (χ1n) is 9.12. The van der Waals surface area contributed by atoms with Crippen molar-refractivity contribution in [3.63, 3.8) is 0 Å². The summed E-state index contributed by atoms with van der Waals surface area (Å²) in [5.41, 5.74) is 2.42. The molecule has 0 aliphatic rings. The van der Waals surface area contributed by atoms with Crippen LogP contribution in [0.25, 0.3) is 10.2 Å². The van der Waals surface area contributed by atoms with Gasteiger partial charge >= 0.3 is 0 Å². The second-order valence-corrected chi connectivity index (χ2v) is 7.45. The summed E-state index contributed by atoms with van der Waals surface area (Å²) < 4.78 is 11.6. The van der Waals surface area contributed by atoms with E-state index in [0.29, 0.717) is 23.0 Å². The lowest BCUT2D eigenvalue weighted by molar-refractivity contribution is 0.0985. The largest absolute Gasteiger partial charge is 0.497 e. The fourth-order valence-electron chi connectivity index (χ4n) is 3.04. The van der Waals surface area contributed by atoms with Crippen LogP contribution in [0.2, 0.25) is 0 Å². The van der Waals surface area contributed by atoms with Gasteiger partial charge in [0.15, 0.2) is 5.13 Å². The number of hydrogen-bond donors (Lipinski definition) is 0. The Bertz CT molecular complexity index is 1140. The first-order chi connectivity index (χ1) is 14.2. The van der Waals surface area contributed by atoms with Crippen LogP contribution in [-0.2, 0) is 6.54 Å². The molecular formula is C23H20N2O3S. The Hall–Kier alpha value is -3.38. The molecule has 0 bridgehead atoms. The Balaban J connectivity index is 1.76. The van der Waals surface area contributed by atoms with Gasteiger partial charge in [-0.05, 0) is 42.0 Å². The normalized spacial score (nSPS) is 10.7. The highest BCUT2D eigenvalue weighted by Crippen LogP contribution is 2.33. The average Bonchev–Trinajstić information content (AvgIpc) is 3.20. The highest BCUT2D eigenvalue weighted by Gasteiger charge is 2.22. The van der Waals surface area contributed by atoms with Crippen molar-refractivity contribution in [1.29, 1.82) is 0 Å². The van der Waals surface area contributed by atoms with Crippen LogP contribution in [0.4, 0.5) is 5.13 Å². The molecule has 0 unspecified atom stereocenters. The molecule has 0 fully saturated rings. The first kappa shape index (κ1) is 19.0. The van der Waals surface area contributed by atoms with Crippen LogP contribution in [0, 0.1) is 0 Å². The van der Waals surface area contributed by atoms with Gasteiger partial charge in [0.05, 0.1) is 31.0 Å². The number of amides is 1. The molecule has 0 saturated carbocycles. The van der Waals surface area contributed by atoms with Crippen LogP contribution < -0.4 is 14.4 Å². The van der Waals surface area contributed by atoms with E-state index in [9.17, 15) is 4.79 Å². The zero-order valence-electron chi connectivity index (χ0n) is 16.2. The van der Waals surface area contributed by atoms with Crippen molar-refractivity contribution in [3.8, 4) is 11.5 Å². The zero-order chi connectivity index (χ0) is 20.2. The fraction of sp³-hybridized carbons (Fsp3) is 0.130. The molecule has 3 aromatic carbocycles. The molecule has 29 heavy (non-hydrogen) atoms. The van der Waals surface area contributed by atoms with Gasteiger partial charge < -0.3 is 9.47 Å². The Labute approximate surface area is 173 Å². The van der Waals surface area contributed by atoms with E-state index in [1.54, 1.807) is 31.3 Å². The number of anilines is 1. The molecule has 1 heterocycles. The maximum atomic E-state index is 13.4. The van der Waals surface area contributed by atoms with Crippen LogP contribution in [0.15, 0.2) is 72.8 Å². The van der Waals surface area contributed by atoms with E-state index in [-0.39, 0.29) is 5.91 Å². The van der Waals surface area contributed by atoms with E-state index >= 15 is 0 Å². The van der Waals surface area contributed by atoms with Gasteiger partial charge in [-0.15, -0.1) is 0 Å². The zero-order valence-corrected chi connectivity index (χ0v) is 17.0. The van der Waals surface area contributed by atoms with Crippen molar-refractivity contribution in [1.82, 2.24) is 4.98 Å². The van der Waals surface area contributed by atoms with Crippen molar-refractivity contribution in [2.75, 3.05) is 19.1 Å². The molecule has 0 atom stereocenters. The third kappa shape index (κ3) is 4.07. The summed E-state index contributed by atoms with van der Waals surface area (Å²) >= 11 is 1.47. The lowest BCUT2D eigenvalue weighted by atomic mass is 10.1. The van der Waals surface area contributed by atoms with E-state index < -0.39 is 0 Å². The molecule has 0 saturated heterocycles. The first-order valence-corrected chi connectivity index (χ1v) is 9.94. The van der Waals surface area contributed by atoms with E-state index in [2.05, 4.69) is 0 Å². The van der Waals surface area contributed by atoms with Gasteiger partial charge in [0.2, 0.25) is 0 Å². The number of fused-ring (bicyclic) bond motifs is 1. The number of benzene rings is 3. The Morgan fingerprint density at radius 2 is 1.69 bits per heavy atom. The Kier molecular flexibility index (Phi) is 5.44. The molecule has 0 N–H and O–H groups in total. The highest BCUT2D eigenvalue weighted by atomic mass is 32.1. The fourth-order valence-corrected chi connectivity index (χ4v) is 4.03. The molecule has 0 radical (unpaired) electrons. The summed E-state index contributed by atoms with van der Waals surface area (Å²) in [6, 6.07) is 22.8. The average molecular weight is 404 g/mol. The number of carbonyl (C=O) groups excluding carboxylic acids is 1. The topological polar surface area (TPSA) is 51.7 Å². The number of ether oxygens (including phenoxy) is 2. The van der Waals surface area contributed by atoms with Gasteiger partial charge in [0.25, 0.3) is 5.91 Å². The summed E-state index contributed by atoms with van der Waals surface area (Å²) in [6.45, 7) is 0.424. The van der Waals surface area contributed by atoms with Crippen molar-refractivity contribution < 1.29 is 14.3 Å². The molecular weight excluding hydrogens is 384 g/mol. The molecule has 5 nitrogen and oxygen atoms in total. The standard InChI is InChI=1S/C23H20N2O3S/c1-27-18-10-6-9-17(13-18)22(26)25(15-16-7-4-3-5-8-16)23-24-20-12-11-19(28-2)14-21(20)29-23/h3-14H,15H2,1-2H3. The van der Waals surface area contributed by atoms with Crippen molar-refractivity contribution in [2.45, 2.75) is 6.54 Å². The van der Waals surface area contributed by atoms with Gasteiger partial charge in [0.1, 0.15) is 11.5 Å². The lowest BCUT2D eigenvalue weighted by Gasteiger charge is -2.20. The maximum Gasteiger partial charge on any atom is 0.260 e. The van der Waals surface area contributed by atoms with Gasteiger partial charge in [-0.3, -0.25) is 9.69 Å². The molecule has 4 rings (SSSR count). The number of rotatable bonds is 6. The number of thiazole rings is 1. The lowest BCUT2D eigenvalue weighted by Crippen LogP contribution is -2.30. The Morgan fingerprint density at radius 1 is 0.931 bits per heavy atom. The minimum Gasteiger partial charge on any atom is -0.497 e. The number of hydrogen-bond acceptors (Lipinski definition) is 5. The third-order valence-corrected chi connectivity index (χ3v) is 5.60. The molecule has 6 heteroatoms. The summed E-state index contributed by atoms with van der Waals surface area (Å²) in [4.78, 5) is 19.9. The van der Waals surface area contributed by atoms with Crippen molar-refractivity contribution in [3.05, 3.63) is 83.9 Å². The van der Waals surface area contributed by atoms with E-state index in [1.165, 1.54) is 11.3 Å². The number of methoxy groups -OCH3 is 2. The number of carbonyl (C=O) groups is 1. The molecule has 146 valence electrons. The van der Waals surface area contributed by atoms with Crippen LogP contribution in [-0.4, -0.2) is 25.1 Å². The highest BCUT2D eigenvalue weighted by molar-refractivity contribution is 7.22. The minimum absolute atomic E-state index is 0.126. The second kappa shape index (κ2) is 8.32. The SMILES string of the molecule is COc1cccc(C(=O)N(Cc2ccccc2)c2nc3ccc(OC)cc3s2)c1. The van der Waals surface area contributed by atoms with E-state index in [1.807, 2.05) is 60.7 Å². The maximum absolute atomic E-state index is 13.4. The summed E-state index contributed by atoms with van der Waals surface area (Å²) in [7, 11) is 3.23. The van der Waals surface area contributed by atoms with Gasteiger partial charge in [-0.1, -0.05) is 47.7 Å².